The van der Waals surface area contributed by atoms with Crippen molar-refractivity contribution >= 4 is 16.9 Å². The lowest BCUT2D eigenvalue weighted by molar-refractivity contribution is 0.419. The lowest BCUT2D eigenvalue weighted by Gasteiger charge is -2.08. The summed E-state index contributed by atoms with van der Waals surface area (Å²) in [5, 5.41) is 4.14. The first kappa shape index (κ1) is 17.0. The molecule has 3 heterocycles. The van der Waals surface area contributed by atoms with Crippen LogP contribution < -0.4 is 10.1 Å². The fourth-order valence-corrected chi connectivity index (χ4v) is 3.08. The minimum absolute atomic E-state index is 0.219. The van der Waals surface area contributed by atoms with Gasteiger partial charge in [-0.3, -0.25) is 0 Å². The summed E-state index contributed by atoms with van der Waals surface area (Å²) in [6, 6.07) is 12.5. The van der Waals surface area contributed by atoms with Crippen LogP contribution in [0.3, 0.4) is 0 Å². The maximum absolute atomic E-state index is 13.7. The van der Waals surface area contributed by atoms with E-state index in [-0.39, 0.29) is 5.82 Å². The number of pyridine rings is 2. The second-order valence-corrected chi connectivity index (χ2v) is 6.22. The van der Waals surface area contributed by atoms with Crippen molar-refractivity contribution in [3.05, 3.63) is 83.6 Å². The molecule has 0 bridgehead atoms. The first-order valence-electron chi connectivity index (χ1n) is 8.66. The number of aromatic amines is 1. The van der Waals surface area contributed by atoms with Gasteiger partial charge in [0.15, 0.2) is 0 Å². The van der Waals surface area contributed by atoms with Crippen LogP contribution in [0.2, 0.25) is 0 Å². The Morgan fingerprint density at radius 2 is 1.96 bits per heavy atom. The molecule has 4 rings (SSSR count). The number of halogens is 1. The van der Waals surface area contributed by atoms with Crippen molar-refractivity contribution in [2.75, 3.05) is 12.4 Å². The van der Waals surface area contributed by atoms with Crippen molar-refractivity contribution in [1.29, 1.82) is 0 Å². The lowest BCUT2D eigenvalue weighted by Crippen LogP contribution is -2.03. The number of H-pyrrole nitrogens is 1. The second-order valence-electron chi connectivity index (χ2n) is 6.22. The minimum atomic E-state index is -0.219. The smallest absolute Gasteiger partial charge is 0.141 e. The number of nitrogens with zero attached hydrogens (tertiary/aromatic N) is 2. The number of nitrogens with one attached hydrogen (secondary N) is 2. The number of anilines is 1. The number of benzene rings is 1. The molecule has 136 valence electrons. The van der Waals surface area contributed by atoms with Crippen LogP contribution in [0.15, 0.2) is 61.1 Å². The Morgan fingerprint density at radius 3 is 2.74 bits per heavy atom. The summed E-state index contributed by atoms with van der Waals surface area (Å²) in [6.07, 6.45) is 6.21. The van der Waals surface area contributed by atoms with Gasteiger partial charge in [-0.2, -0.15) is 0 Å². The van der Waals surface area contributed by atoms with Crippen LogP contribution in [0, 0.1) is 5.82 Å². The molecule has 0 unspecified atom stereocenters. The highest BCUT2D eigenvalue weighted by molar-refractivity contribution is 5.86. The molecule has 0 fully saturated rings. The van der Waals surface area contributed by atoms with E-state index in [4.69, 9.17) is 4.74 Å². The first-order valence-corrected chi connectivity index (χ1v) is 8.66. The predicted octanol–water partition coefficient (Wildman–Crippen LogP) is 4.31. The van der Waals surface area contributed by atoms with Gasteiger partial charge in [0.1, 0.15) is 23.0 Å². The third-order valence-corrected chi connectivity index (χ3v) is 4.47. The van der Waals surface area contributed by atoms with Crippen LogP contribution in [0.4, 0.5) is 10.2 Å². The standard InChI is InChI=1S/C21H19FN4O/c1-27-18-8-9-23-21-20(18)16(13-26-21)10-14-6-7-19(24-11-14)25-12-15-4-2-3-5-17(15)22/h2-9,11,13H,10,12H2,1H3,(H,23,26)(H,24,25). The highest BCUT2D eigenvalue weighted by Gasteiger charge is 2.11. The fraction of sp³-hybridized carbons (Fsp3) is 0.143. The predicted molar refractivity (Wildman–Crippen MR) is 103 cm³/mol. The Morgan fingerprint density at radius 1 is 1.07 bits per heavy atom. The van der Waals surface area contributed by atoms with Crippen molar-refractivity contribution in [3.63, 3.8) is 0 Å². The van der Waals surface area contributed by atoms with E-state index >= 15 is 0 Å². The Balaban J connectivity index is 1.48. The van der Waals surface area contributed by atoms with E-state index < -0.39 is 0 Å². The topological polar surface area (TPSA) is 62.8 Å². The monoisotopic (exact) mass is 362 g/mol. The minimum Gasteiger partial charge on any atom is -0.496 e. The summed E-state index contributed by atoms with van der Waals surface area (Å²) in [6.45, 7) is 0.393. The molecule has 0 amide bonds. The zero-order valence-corrected chi connectivity index (χ0v) is 14.9. The third kappa shape index (κ3) is 3.60. The van der Waals surface area contributed by atoms with Crippen LogP contribution in [0.25, 0.3) is 11.0 Å². The molecular weight excluding hydrogens is 343 g/mol. The molecule has 0 atom stereocenters. The van der Waals surface area contributed by atoms with E-state index in [1.807, 2.05) is 36.7 Å². The van der Waals surface area contributed by atoms with Gasteiger partial charge >= 0.3 is 0 Å². The van der Waals surface area contributed by atoms with E-state index in [2.05, 4.69) is 20.3 Å². The molecule has 0 aliphatic heterocycles. The van der Waals surface area contributed by atoms with Crippen LogP contribution in [-0.4, -0.2) is 22.1 Å². The van der Waals surface area contributed by atoms with Gasteiger partial charge in [-0.1, -0.05) is 24.3 Å². The van der Waals surface area contributed by atoms with Crippen LogP contribution in [-0.2, 0) is 13.0 Å². The van der Waals surface area contributed by atoms with Crippen molar-refractivity contribution in [3.8, 4) is 5.75 Å². The molecule has 4 aromatic rings. The zero-order chi connectivity index (χ0) is 18.6. The van der Waals surface area contributed by atoms with Crippen molar-refractivity contribution < 1.29 is 9.13 Å². The third-order valence-electron chi connectivity index (χ3n) is 4.47. The number of fused-ring (bicyclic) bond motifs is 1. The molecule has 0 aliphatic carbocycles. The summed E-state index contributed by atoms with van der Waals surface area (Å²) in [5.74, 6) is 1.29. The fourth-order valence-electron chi connectivity index (χ4n) is 3.08. The quantitative estimate of drug-likeness (QED) is 0.537. The van der Waals surface area contributed by atoms with Gasteiger partial charge in [-0.05, 0) is 29.3 Å². The molecule has 0 radical (unpaired) electrons. The number of methoxy groups -OCH3 is 1. The van der Waals surface area contributed by atoms with Crippen LogP contribution >= 0.6 is 0 Å². The second kappa shape index (κ2) is 7.45. The van der Waals surface area contributed by atoms with Gasteiger partial charge < -0.3 is 15.0 Å². The summed E-state index contributed by atoms with van der Waals surface area (Å²) in [4.78, 5) is 11.9. The number of hydrogen-bond donors (Lipinski definition) is 2. The average molecular weight is 362 g/mol. The highest BCUT2D eigenvalue weighted by atomic mass is 19.1. The largest absolute Gasteiger partial charge is 0.496 e. The molecular formula is C21H19FN4O. The molecule has 0 aliphatic rings. The van der Waals surface area contributed by atoms with Gasteiger partial charge in [0.25, 0.3) is 0 Å². The Hall–Kier alpha value is -3.41. The first-order chi connectivity index (χ1) is 13.2. The molecule has 27 heavy (non-hydrogen) atoms. The molecule has 3 aromatic heterocycles. The van der Waals surface area contributed by atoms with Gasteiger partial charge in [-0.25, -0.2) is 14.4 Å². The molecule has 1 aromatic carbocycles. The zero-order valence-electron chi connectivity index (χ0n) is 14.9. The van der Waals surface area contributed by atoms with Gasteiger partial charge in [-0.15, -0.1) is 0 Å². The summed E-state index contributed by atoms with van der Waals surface area (Å²) < 4.78 is 19.1. The Labute approximate surface area is 156 Å². The van der Waals surface area contributed by atoms with E-state index in [9.17, 15) is 4.39 Å². The average Bonchev–Trinajstić information content (AvgIpc) is 3.11. The summed E-state index contributed by atoms with van der Waals surface area (Å²) in [7, 11) is 1.66. The van der Waals surface area contributed by atoms with E-state index in [0.717, 1.165) is 27.9 Å². The molecule has 5 nitrogen and oxygen atoms in total. The van der Waals surface area contributed by atoms with Crippen molar-refractivity contribution in [2.24, 2.45) is 0 Å². The number of aromatic nitrogens is 3. The van der Waals surface area contributed by atoms with E-state index in [0.29, 0.717) is 24.3 Å². The number of hydrogen-bond acceptors (Lipinski definition) is 4. The summed E-state index contributed by atoms with van der Waals surface area (Å²) in [5.41, 5.74) is 3.59. The van der Waals surface area contributed by atoms with E-state index in [1.165, 1.54) is 6.07 Å². The van der Waals surface area contributed by atoms with Gasteiger partial charge in [0, 0.05) is 37.1 Å². The Kier molecular flexibility index (Phi) is 4.70. The molecule has 0 saturated carbocycles. The summed E-state index contributed by atoms with van der Waals surface area (Å²) >= 11 is 0. The number of ether oxygens (including phenoxy) is 1. The Bertz CT molecular complexity index is 1060. The highest BCUT2D eigenvalue weighted by Crippen LogP contribution is 2.28. The van der Waals surface area contributed by atoms with E-state index in [1.54, 1.807) is 25.4 Å². The molecule has 6 heteroatoms. The molecule has 0 spiro atoms. The van der Waals surface area contributed by atoms with Crippen molar-refractivity contribution in [2.45, 2.75) is 13.0 Å². The normalized spacial score (nSPS) is 10.9. The maximum Gasteiger partial charge on any atom is 0.141 e. The lowest BCUT2D eigenvalue weighted by atomic mass is 10.1. The number of rotatable bonds is 6. The SMILES string of the molecule is COc1ccnc2[nH]cc(Cc3ccc(NCc4ccccc4F)nc3)c12. The molecule has 0 saturated heterocycles. The van der Waals surface area contributed by atoms with Gasteiger partial charge in [0.05, 0.1) is 12.5 Å². The van der Waals surface area contributed by atoms with Gasteiger partial charge in [0.2, 0.25) is 0 Å². The maximum atomic E-state index is 13.7. The van der Waals surface area contributed by atoms with Crippen LogP contribution in [0.1, 0.15) is 16.7 Å². The van der Waals surface area contributed by atoms with Crippen LogP contribution in [0.5, 0.6) is 5.75 Å². The molecule has 2 N–H and O–H groups in total. The van der Waals surface area contributed by atoms with Crippen molar-refractivity contribution in [1.82, 2.24) is 15.0 Å².